The molecule has 1 fully saturated rings. The van der Waals surface area contributed by atoms with Crippen LogP contribution in [0.3, 0.4) is 0 Å². The molecule has 1 unspecified atom stereocenters. The Labute approximate surface area is 117 Å². The van der Waals surface area contributed by atoms with Crippen LogP contribution in [0.1, 0.15) is 12.8 Å². The van der Waals surface area contributed by atoms with Gasteiger partial charge in [-0.1, -0.05) is 11.6 Å². The average Bonchev–Trinajstić information content (AvgIpc) is 3.17. The van der Waals surface area contributed by atoms with Crippen molar-refractivity contribution in [3.8, 4) is 0 Å². The molecule has 112 valence electrons. The van der Waals surface area contributed by atoms with Crippen molar-refractivity contribution in [3.63, 3.8) is 0 Å². The lowest BCUT2D eigenvalue weighted by Gasteiger charge is -2.18. The monoisotopic (exact) mass is 310 g/mol. The van der Waals surface area contributed by atoms with E-state index in [1.54, 1.807) is 0 Å². The Balaban J connectivity index is 2.19. The number of nitrogens with two attached hydrogens (primary N) is 1. The number of rotatable bonds is 5. The topological polar surface area (TPSA) is 72.9 Å². The van der Waals surface area contributed by atoms with Crippen molar-refractivity contribution in [2.45, 2.75) is 31.6 Å². The van der Waals surface area contributed by atoms with Gasteiger partial charge in [0.25, 0.3) is 5.56 Å². The van der Waals surface area contributed by atoms with Crippen LogP contribution in [0.25, 0.3) is 0 Å². The third-order valence-electron chi connectivity index (χ3n) is 3.10. The maximum atomic E-state index is 12.3. The highest BCUT2D eigenvalue weighted by molar-refractivity contribution is 6.32. The van der Waals surface area contributed by atoms with E-state index in [1.165, 1.54) is 0 Å². The summed E-state index contributed by atoms with van der Waals surface area (Å²) >= 11 is 5.81. The van der Waals surface area contributed by atoms with E-state index in [4.69, 9.17) is 17.3 Å². The average molecular weight is 311 g/mol. The Morgan fingerprint density at radius 1 is 1.55 bits per heavy atom. The van der Waals surface area contributed by atoms with Crippen molar-refractivity contribution >= 4 is 17.3 Å². The fraction of sp³-hybridized carbons (Fsp3) is 0.636. The Morgan fingerprint density at radius 3 is 2.70 bits per heavy atom. The first-order valence-corrected chi connectivity index (χ1v) is 6.48. The maximum Gasteiger partial charge on any atom is 0.408 e. The van der Waals surface area contributed by atoms with Gasteiger partial charge in [0.15, 0.2) is 0 Å². The molecular weight excluding hydrogens is 297 g/mol. The van der Waals surface area contributed by atoms with E-state index in [-0.39, 0.29) is 16.8 Å². The summed E-state index contributed by atoms with van der Waals surface area (Å²) in [6.45, 7) is -1.11. The molecule has 1 aliphatic rings. The Hall–Kier alpha value is -1.28. The van der Waals surface area contributed by atoms with Gasteiger partial charge in [-0.3, -0.25) is 4.79 Å². The second-order valence-electron chi connectivity index (χ2n) is 4.77. The van der Waals surface area contributed by atoms with E-state index in [2.05, 4.69) is 10.4 Å². The molecular formula is C11H14ClF3N4O. The SMILES string of the molecule is NCC(Nc1cnn(CC(F)(F)F)c(=O)c1Cl)C1CC1. The number of hydrogen-bond donors (Lipinski definition) is 2. The van der Waals surface area contributed by atoms with E-state index in [0.717, 1.165) is 19.0 Å². The van der Waals surface area contributed by atoms with Gasteiger partial charge in [-0.05, 0) is 18.8 Å². The highest BCUT2D eigenvalue weighted by Crippen LogP contribution is 2.34. The first-order chi connectivity index (χ1) is 9.31. The molecule has 0 radical (unpaired) electrons. The highest BCUT2D eigenvalue weighted by atomic mass is 35.5. The van der Waals surface area contributed by atoms with E-state index in [9.17, 15) is 18.0 Å². The number of halogens is 4. The summed E-state index contributed by atoms with van der Waals surface area (Å²) in [5.41, 5.74) is 4.85. The molecule has 2 rings (SSSR count). The fourth-order valence-corrected chi connectivity index (χ4v) is 2.12. The lowest BCUT2D eigenvalue weighted by Crippen LogP contribution is -2.34. The lowest BCUT2D eigenvalue weighted by molar-refractivity contribution is -0.143. The number of alkyl halides is 3. The standard InChI is InChI=1S/C11H14ClF3N4O/c12-9-8(18-7(3-16)6-1-2-6)4-17-19(10(9)20)5-11(13,14)15/h4,6-7,18H,1-3,5,16H2. The third kappa shape index (κ3) is 3.63. The summed E-state index contributed by atoms with van der Waals surface area (Å²) in [4.78, 5) is 11.7. The number of hydrogen-bond acceptors (Lipinski definition) is 4. The molecule has 1 saturated carbocycles. The molecule has 0 spiro atoms. The van der Waals surface area contributed by atoms with Crippen molar-refractivity contribution in [1.29, 1.82) is 0 Å². The van der Waals surface area contributed by atoms with Gasteiger partial charge in [-0.15, -0.1) is 0 Å². The van der Waals surface area contributed by atoms with Gasteiger partial charge in [0.2, 0.25) is 0 Å². The molecule has 5 nitrogen and oxygen atoms in total. The number of nitrogens with one attached hydrogen (secondary N) is 1. The predicted molar refractivity (Wildman–Crippen MR) is 68.8 cm³/mol. The van der Waals surface area contributed by atoms with Gasteiger partial charge < -0.3 is 11.1 Å². The number of anilines is 1. The van der Waals surface area contributed by atoms with E-state index >= 15 is 0 Å². The van der Waals surface area contributed by atoms with Crippen molar-refractivity contribution < 1.29 is 13.2 Å². The molecule has 1 aliphatic carbocycles. The third-order valence-corrected chi connectivity index (χ3v) is 3.47. The molecule has 9 heteroatoms. The highest BCUT2D eigenvalue weighted by Gasteiger charge is 2.32. The van der Waals surface area contributed by atoms with Crippen LogP contribution in [0.15, 0.2) is 11.0 Å². The van der Waals surface area contributed by atoms with Crippen LogP contribution < -0.4 is 16.6 Å². The van der Waals surface area contributed by atoms with Crippen molar-refractivity contribution in [1.82, 2.24) is 9.78 Å². The Bertz CT molecular complexity index is 541. The van der Waals surface area contributed by atoms with Gasteiger partial charge in [-0.25, -0.2) is 4.68 Å². The zero-order chi connectivity index (χ0) is 14.9. The van der Waals surface area contributed by atoms with Crippen LogP contribution in [0, 0.1) is 5.92 Å². The summed E-state index contributed by atoms with van der Waals surface area (Å²) < 4.78 is 37.1. The summed E-state index contributed by atoms with van der Waals surface area (Å²) in [6, 6.07) is -0.0489. The normalized spacial score (nSPS) is 17.1. The van der Waals surface area contributed by atoms with Crippen molar-refractivity contribution in [2.75, 3.05) is 11.9 Å². The minimum absolute atomic E-state index is 0.0489. The summed E-state index contributed by atoms with van der Waals surface area (Å²) in [5, 5.41) is 6.16. The predicted octanol–water partition coefficient (Wildman–Crippen LogP) is 1.61. The Morgan fingerprint density at radius 2 is 2.20 bits per heavy atom. The molecule has 1 aromatic heterocycles. The van der Waals surface area contributed by atoms with Crippen LogP contribution in [0.2, 0.25) is 5.02 Å². The summed E-state index contributed by atoms with van der Waals surface area (Å²) in [7, 11) is 0. The number of aromatic nitrogens is 2. The molecule has 3 N–H and O–H groups in total. The first kappa shape index (κ1) is 15.1. The molecule has 0 amide bonds. The van der Waals surface area contributed by atoms with Crippen LogP contribution in [0.5, 0.6) is 0 Å². The van der Waals surface area contributed by atoms with E-state index in [1.807, 2.05) is 0 Å². The molecule has 20 heavy (non-hydrogen) atoms. The van der Waals surface area contributed by atoms with Gasteiger partial charge >= 0.3 is 6.18 Å². The summed E-state index contributed by atoms with van der Waals surface area (Å²) in [5.74, 6) is 0.411. The zero-order valence-electron chi connectivity index (χ0n) is 10.5. The molecule has 1 heterocycles. The lowest BCUT2D eigenvalue weighted by atomic mass is 10.2. The van der Waals surface area contributed by atoms with Crippen LogP contribution in [0.4, 0.5) is 18.9 Å². The molecule has 1 aromatic rings. The minimum Gasteiger partial charge on any atom is -0.378 e. The maximum absolute atomic E-state index is 12.3. The molecule has 0 bridgehead atoms. The van der Waals surface area contributed by atoms with Crippen LogP contribution >= 0.6 is 11.6 Å². The van der Waals surface area contributed by atoms with Gasteiger partial charge in [-0.2, -0.15) is 18.3 Å². The zero-order valence-corrected chi connectivity index (χ0v) is 11.2. The van der Waals surface area contributed by atoms with Crippen LogP contribution in [-0.4, -0.2) is 28.5 Å². The van der Waals surface area contributed by atoms with E-state index < -0.39 is 18.3 Å². The smallest absolute Gasteiger partial charge is 0.378 e. The fourth-order valence-electron chi connectivity index (χ4n) is 1.92. The first-order valence-electron chi connectivity index (χ1n) is 6.11. The summed E-state index contributed by atoms with van der Waals surface area (Å²) in [6.07, 6.45) is -1.33. The second-order valence-corrected chi connectivity index (χ2v) is 5.15. The van der Waals surface area contributed by atoms with Crippen molar-refractivity contribution in [2.24, 2.45) is 11.7 Å². The van der Waals surface area contributed by atoms with Gasteiger partial charge in [0.1, 0.15) is 11.6 Å². The molecule has 0 saturated heterocycles. The quantitative estimate of drug-likeness (QED) is 0.866. The van der Waals surface area contributed by atoms with Gasteiger partial charge in [0, 0.05) is 12.6 Å². The molecule has 0 aliphatic heterocycles. The van der Waals surface area contributed by atoms with Crippen LogP contribution in [-0.2, 0) is 6.54 Å². The second kappa shape index (κ2) is 5.61. The molecule has 1 atom stereocenters. The minimum atomic E-state index is -4.52. The Kier molecular flexibility index (Phi) is 4.24. The van der Waals surface area contributed by atoms with E-state index in [0.29, 0.717) is 17.1 Å². The number of nitrogens with zero attached hydrogens (tertiary/aromatic N) is 2. The van der Waals surface area contributed by atoms with Crippen molar-refractivity contribution in [3.05, 3.63) is 21.6 Å². The molecule has 0 aromatic carbocycles. The largest absolute Gasteiger partial charge is 0.408 e. The van der Waals surface area contributed by atoms with Gasteiger partial charge in [0.05, 0.1) is 11.9 Å².